The third-order valence-electron chi connectivity index (χ3n) is 7.52. The van der Waals surface area contributed by atoms with Crippen LogP contribution in [0.15, 0.2) is 71.3 Å². The monoisotopic (exact) mass is 453 g/mol. The summed E-state index contributed by atoms with van der Waals surface area (Å²) in [5, 5.41) is 10.2. The van der Waals surface area contributed by atoms with E-state index in [0.717, 1.165) is 5.69 Å². The number of carbonyl (C=O) groups is 2. The van der Waals surface area contributed by atoms with Crippen molar-refractivity contribution in [3.63, 3.8) is 0 Å². The number of hydrogen-bond donors (Lipinski definition) is 1. The second kappa shape index (κ2) is 6.29. The number of nitriles is 1. The van der Waals surface area contributed by atoms with E-state index < -0.39 is 11.1 Å². The molecule has 7 nitrogen and oxygen atoms in total. The molecule has 0 fully saturated rings. The standard InChI is InChI=1S/C27H23N3O4/c1-25(2)12-20-22(21(31)13-25)26-19(14-28)24(29)34-27(26,18-7-5-4-6-17(18)23(26)32)30(20)15-8-10-16(33-3)11-9-15/h4-11H,12-13,29H2,1-3H3/t26-,27-/m1/s1. The van der Waals surface area contributed by atoms with Crippen LogP contribution >= 0.6 is 0 Å². The molecule has 2 aromatic rings. The molecule has 2 N–H and O–H groups in total. The van der Waals surface area contributed by atoms with Crippen molar-refractivity contribution in [2.45, 2.75) is 32.4 Å². The number of anilines is 1. The summed E-state index contributed by atoms with van der Waals surface area (Å²) < 4.78 is 11.8. The van der Waals surface area contributed by atoms with Gasteiger partial charge in [0.05, 0.1) is 7.11 Å². The molecule has 0 bridgehead atoms. The minimum Gasteiger partial charge on any atom is -0.497 e. The van der Waals surface area contributed by atoms with Crippen molar-refractivity contribution in [2.75, 3.05) is 12.0 Å². The second-order valence-corrected chi connectivity index (χ2v) is 10.0. The predicted octanol–water partition coefficient (Wildman–Crippen LogP) is 3.92. The first-order valence-electron chi connectivity index (χ1n) is 11.2. The summed E-state index contributed by atoms with van der Waals surface area (Å²) in [6.07, 6.45) is 0.809. The molecular weight excluding hydrogens is 430 g/mol. The Kier molecular flexibility index (Phi) is 3.80. The van der Waals surface area contributed by atoms with E-state index in [0.29, 0.717) is 34.6 Å². The number of hydrogen-bond acceptors (Lipinski definition) is 7. The van der Waals surface area contributed by atoms with Gasteiger partial charge in [-0.3, -0.25) is 9.59 Å². The summed E-state index contributed by atoms with van der Waals surface area (Å²) in [7, 11) is 1.59. The number of fused-ring (bicyclic) bond motifs is 1. The molecule has 0 saturated heterocycles. The van der Waals surface area contributed by atoms with Crippen LogP contribution in [0.2, 0.25) is 0 Å². The van der Waals surface area contributed by atoms with Crippen molar-refractivity contribution >= 4 is 17.3 Å². The van der Waals surface area contributed by atoms with Gasteiger partial charge in [0.25, 0.3) is 0 Å². The average Bonchev–Trinajstić information content (AvgIpc) is 3.28. The molecule has 0 radical (unpaired) electrons. The molecule has 0 amide bonds. The van der Waals surface area contributed by atoms with Gasteiger partial charge >= 0.3 is 0 Å². The molecule has 2 aromatic carbocycles. The van der Waals surface area contributed by atoms with Gasteiger partial charge < -0.3 is 20.1 Å². The van der Waals surface area contributed by atoms with Gasteiger partial charge in [-0.05, 0) is 36.1 Å². The van der Waals surface area contributed by atoms with E-state index >= 15 is 0 Å². The molecule has 2 atom stereocenters. The molecule has 4 aliphatic rings. The number of rotatable bonds is 2. The topological polar surface area (TPSA) is 106 Å². The molecule has 2 aliphatic carbocycles. The lowest BCUT2D eigenvalue weighted by Crippen LogP contribution is -2.52. The zero-order valence-electron chi connectivity index (χ0n) is 19.1. The Morgan fingerprint density at radius 3 is 2.47 bits per heavy atom. The zero-order valence-corrected chi connectivity index (χ0v) is 19.1. The van der Waals surface area contributed by atoms with E-state index in [1.807, 2.05) is 55.1 Å². The fourth-order valence-electron chi connectivity index (χ4n) is 6.39. The van der Waals surface area contributed by atoms with Crippen molar-refractivity contribution in [2.24, 2.45) is 16.6 Å². The molecule has 0 saturated carbocycles. The molecule has 0 unspecified atom stereocenters. The number of ether oxygens (including phenoxy) is 2. The van der Waals surface area contributed by atoms with Crippen LogP contribution in [0.25, 0.3) is 0 Å². The van der Waals surface area contributed by atoms with Crippen LogP contribution in [0.4, 0.5) is 5.69 Å². The number of allylic oxidation sites excluding steroid dienone is 1. The number of benzene rings is 2. The highest BCUT2D eigenvalue weighted by atomic mass is 16.5. The van der Waals surface area contributed by atoms with Gasteiger partial charge in [-0.25, -0.2) is 0 Å². The molecule has 7 heteroatoms. The van der Waals surface area contributed by atoms with E-state index in [1.54, 1.807) is 19.2 Å². The van der Waals surface area contributed by atoms with Crippen molar-refractivity contribution in [1.82, 2.24) is 0 Å². The van der Waals surface area contributed by atoms with E-state index in [1.165, 1.54) is 0 Å². The first-order valence-corrected chi connectivity index (χ1v) is 11.2. The molecule has 2 heterocycles. The lowest BCUT2D eigenvalue weighted by molar-refractivity contribution is -0.119. The lowest BCUT2D eigenvalue weighted by atomic mass is 9.64. The van der Waals surface area contributed by atoms with Crippen molar-refractivity contribution in [1.29, 1.82) is 5.26 Å². The van der Waals surface area contributed by atoms with Crippen LogP contribution in [0.5, 0.6) is 5.75 Å². The SMILES string of the molecule is COc1ccc(N2C3=C(C(=O)CC(C)(C)C3)[C@]34C(=O)c5ccccc5[C@]23OC(N)=C4C#N)cc1. The molecule has 170 valence electrons. The van der Waals surface area contributed by atoms with Crippen molar-refractivity contribution < 1.29 is 19.1 Å². The highest BCUT2D eigenvalue weighted by molar-refractivity contribution is 6.20. The number of ketones is 2. The first kappa shape index (κ1) is 20.5. The minimum absolute atomic E-state index is 0.00488. The second-order valence-electron chi connectivity index (χ2n) is 10.0. The van der Waals surface area contributed by atoms with Gasteiger partial charge in [0.1, 0.15) is 17.4 Å². The smallest absolute Gasteiger partial charge is 0.238 e. The number of methoxy groups -OCH3 is 1. The van der Waals surface area contributed by atoms with Crippen molar-refractivity contribution in [3.05, 3.63) is 82.4 Å². The van der Waals surface area contributed by atoms with Crippen LogP contribution in [0.1, 0.15) is 42.6 Å². The highest BCUT2D eigenvalue weighted by Crippen LogP contribution is 2.72. The Morgan fingerprint density at radius 1 is 1.09 bits per heavy atom. The lowest BCUT2D eigenvalue weighted by Gasteiger charge is -2.42. The fourth-order valence-corrected chi connectivity index (χ4v) is 6.39. The van der Waals surface area contributed by atoms with E-state index in [9.17, 15) is 14.9 Å². The zero-order chi connectivity index (χ0) is 24.0. The Morgan fingerprint density at radius 2 is 1.79 bits per heavy atom. The maximum absolute atomic E-state index is 14.3. The van der Waals surface area contributed by atoms with Gasteiger partial charge in [-0.2, -0.15) is 5.26 Å². The van der Waals surface area contributed by atoms with Crippen LogP contribution in [-0.2, 0) is 15.3 Å². The van der Waals surface area contributed by atoms with Crippen LogP contribution < -0.4 is 15.4 Å². The highest BCUT2D eigenvalue weighted by Gasteiger charge is 2.81. The van der Waals surface area contributed by atoms with Gasteiger partial charge in [0.15, 0.2) is 17.0 Å². The summed E-state index contributed by atoms with van der Waals surface area (Å²) in [6.45, 7) is 4.07. The summed E-state index contributed by atoms with van der Waals surface area (Å²) in [5.74, 6) is 0.0788. The third-order valence-corrected chi connectivity index (χ3v) is 7.52. The summed E-state index contributed by atoms with van der Waals surface area (Å²) in [6, 6.07) is 16.7. The number of nitrogens with zero attached hydrogens (tertiary/aromatic N) is 2. The average molecular weight is 453 g/mol. The summed E-state index contributed by atoms with van der Waals surface area (Å²) in [5.41, 5.74) is 5.64. The Hall–Kier alpha value is -4.05. The summed E-state index contributed by atoms with van der Waals surface area (Å²) >= 11 is 0. The quantitative estimate of drug-likeness (QED) is 0.735. The Labute approximate surface area is 197 Å². The third kappa shape index (κ3) is 2.07. The van der Waals surface area contributed by atoms with Crippen LogP contribution in [-0.4, -0.2) is 18.7 Å². The predicted molar refractivity (Wildman–Crippen MR) is 123 cm³/mol. The van der Waals surface area contributed by atoms with Crippen LogP contribution in [0, 0.1) is 22.2 Å². The van der Waals surface area contributed by atoms with Gasteiger partial charge in [0, 0.05) is 34.5 Å². The van der Waals surface area contributed by atoms with Gasteiger partial charge in [-0.1, -0.05) is 38.1 Å². The van der Waals surface area contributed by atoms with Gasteiger partial charge in [0.2, 0.25) is 11.6 Å². The molecule has 2 aliphatic heterocycles. The van der Waals surface area contributed by atoms with Crippen molar-refractivity contribution in [3.8, 4) is 11.8 Å². The maximum Gasteiger partial charge on any atom is 0.238 e. The molecule has 0 spiro atoms. The summed E-state index contributed by atoms with van der Waals surface area (Å²) in [4.78, 5) is 30.0. The minimum atomic E-state index is -1.64. The van der Waals surface area contributed by atoms with E-state index in [4.69, 9.17) is 15.2 Å². The molecule has 0 aromatic heterocycles. The largest absolute Gasteiger partial charge is 0.497 e. The molecule has 34 heavy (non-hydrogen) atoms. The normalized spacial score (nSPS) is 28.2. The maximum atomic E-state index is 14.3. The number of carbonyl (C=O) groups excluding carboxylic acids is 2. The van der Waals surface area contributed by atoms with E-state index in [2.05, 4.69) is 6.07 Å². The molecular formula is C27H23N3O4. The Bertz CT molecular complexity index is 1410. The van der Waals surface area contributed by atoms with Crippen LogP contribution in [0.3, 0.4) is 0 Å². The van der Waals surface area contributed by atoms with Gasteiger partial charge in [-0.15, -0.1) is 0 Å². The number of nitrogens with two attached hydrogens (primary N) is 1. The fraction of sp³-hybridized carbons (Fsp3) is 0.296. The Balaban J connectivity index is 1.76. The molecule has 6 rings (SSSR count). The number of Topliss-reactive ketones (excluding diaryl/α,β-unsaturated/α-hetero) is 2. The first-order chi connectivity index (χ1) is 16.2. The van der Waals surface area contributed by atoms with E-state index in [-0.39, 0.29) is 34.9 Å².